The lowest BCUT2D eigenvalue weighted by Gasteiger charge is -2.33. The molecule has 0 spiro atoms. The van der Waals surface area contributed by atoms with Gasteiger partial charge in [-0.05, 0) is 29.2 Å². The molecule has 4 rings (SSSR count). The molecule has 2 aromatic heterocycles. The van der Waals surface area contributed by atoms with Gasteiger partial charge in [-0.15, -0.1) is 11.3 Å². The van der Waals surface area contributed by atoms with E-state index in [0.29, 0.717) is 28.4 Å². The van der Waals surface area contributed by atoms with Crippen molar-refractivity contribution in [2.24, 2.45) is 0 Å². The average Bonchev–Trinajstić information content (AvgIpc) is 3.35. The standard InChI is InChI=1S/C23H20ClF4N3OS/c1-3-8-31-11-18(21(29-31)23(26,27)28)15-7-5-4-6-14(15)17-10-30(22(32)13(2)25)12-19-16(17)9-20(24)33-19/h4-7,9,11,17H,2-3,8,10,12H2,1H3/t17-/m0/s1. The fraction of sp³-hybridized carbons (Fsp3) is 0.304. The number of rotatable bonds is 5. The zero-order valence-electron chi connectivity index (χ0n) is 17.6. The molecule has 1 aromatic carbocycles. The first kappa shape index (κ1) is 23.5. The quantitative estimate of drug-likeness (QED) is 0.292. The number of nitrogens with zero attached hydrogens (tertiary/aromatic N) is 3. The van der Waals surface area contributed by atoms with Crippen molar-refractivity contribution in [2.45, 2.75) is 38.5 Å². The van der Waals surface area contributed by atoms with E-state index in [2.05, 4.69) is 11.7 Å². The van der Waals surface area contributed by atoms with Crippen molar-refractivity contribution in [3.8, 4) is 11.1 Å². The number of benzene rings is 1. The highest BCUT2D eigenvalue weighted by Crippen LogP contribution is 2.45. The fourth-order valence-corrected chi connectivity index (χ4v) is 5.55. The molecular weight excluding hydrogens is 478 g/mol. The summed E-state index contributed by atoms with van der Waals surface area (Å²) in [6.45, 7) is 5.55. The molecule has 0 saturated carbocycles. The van der Waals surface area contributed by atoms with Gasteiger partial charge in [0.15, 0.2) is 11.5 Å². The van der Waals surface area contributed by atoms with Crippen molar-refractivity contribution < 1.29 is 22.4 Å². The van der Waals surface area contributed by atoms with Crippen LogP contribution in [0.3, 0.4) is 0 Å². The summed E-state index contributed by atoms with van der Waals surface area (Å²) < 4.78 is 57.0. The van der Waals surface area contributed by atoms with Crippen molar-refractivity contribution in [1.29, 1.82) is 0 Å². The third kappa shape index (κ3) is 4.56. The Morgan fingerprint density at radius 3 is 2.67 bits per heavy atom. The van der Waals surface area contributed by atoms with Crippen LogP contribution in [0, 0.1) is 0 Å². The zero-order chi connectivity index (χ0) is 23.9. The van der Waals surface area contributed by atoms with Crippen LogP contribution in [0.4, 0.5) is 17.6 Å². The summed E-state index contributed by atoms with van der Waals surface area (Å²) in [6, 6.07) is 8.49. The van der Waals surface area contributed by atoms with Gasteiger partial charge in [0.25, 0.3) is 5.91 Å². The van der Waals surface area contributed by atoms with Crippen LogP contribution in [0.5, 0.6) is 0 Å². The zero-order valence-corrected chi connectivity index (χ0v) is 19.2. The van der Waals surface area contributed by atoms with Gasteiger partial charge in [0, 0.05) is 35.6 Å². The Balaban J connectivity index is 1.87. The summed E-state index contributed by atoms with van der Waals surface area (Å²) >= 11 is 7.50. The third-order valence-corrected chi connectivity index (χ3v) is 6.82. The molecule has 3 heterocycles. The Kier molecular flexibility index (Phi) is 6.37. The van der Waals surface area contributed by atoms with E-state index in [1.54, 1.807) is 30.3 Å². The molecule has 0 aliphatic carbocycles. The maximum Gasteiger partial charge on any atom is 0.435 e. The van der Waals surface area contributed by atoms with Gasteiger partial charge in [-0.25, -0.2) is 4.39 Å². The summed E-state index contributed by atoms with van der Waals surface area (Å²) in [5, 5.41) is 3.80. The van der Waals surface area contributed by atoms with Gasteiger partial charge in [-0.2, -0.15) is 18.3 Å². The van der Waals surface area contributed by atoms with Crippen LogP contribution in [-0.4, -0.2) is 27.1 Å². The molecule has 4 nitrogen and oxygen atoms in total. The first-order valence-electron chi connectivity index (χ1n) is 10.3. The molecule has 1 atom stereocenters. The first-order valence-corrected chi connectivity index (χ1v) is 11.4. The maximum atomic E-state index is 13.9. The predicted molar refractivity (Wildman–Crippen MR) is 120 cm³/mol. The highest BCUT2D eigenvalue weighted by molar-refractivity contribution is 7.16. The number of carbonyl (C=O) groups is 1. The summed E-state index contributed by atoms with van der Waals surface area (Å²) in [4.78, 5) is 14.4. The minimum Gasteiger partial charge on any atom is -0.331 e. The molecule has 0 fully saturated rings. The van der Waals surface area contributed by atoms with E-state index in [4.69, 9.17) is 11.6 Å². The molecule has 3 aromatic rings. The minimum absolute atomic E-state index is 0.0345. The van der Waals surface area contributed by atoms with Crippen molar-refractivity contribution in [2.75, 3.05) is 6.54 Å². The lowest BCUT2D eigenvalue weighted by atomic mass is 9.84. The van der Waals surface area contributed by atoms with Crippen LogP contribution in [0.2, 0.25) is 4.34 Å². The van der Waals surface area contributed by atoms with Gasteiger partial charge in [-0.3, -0.25) is 9.48 Å². The topological polar surface area (TPSA) is 38.1 Å². The monoisotopic (exact) mass is 497 g/mol. The van der Waals surface area contributed by atoms with Gasteiger partial charge in [0.1, 0.15) is 0 Å². The molecule has 0 radical (unpaired) electrons. The number of halogens is 5. The van der Waals surface area contributed by atoms with Crippen molar-refractivity contribution >= 4 is 28.8 Å². The number of aromatic nitrogens is 2. The number of fused-ring (bicyclic) bond motifs is 1. The molecule has 0 unspecified atom stereocenters. The second-order valence-electron chi connectivity index (χ2n) is 7.81. The highest BCUT2D eigenvalue weighted by Gasteiger charge is 2.39. The minimum atomic E-state index is -4.64. The van der Waals surface area contributed by atoms with Crippen molar-refractivity contribution in [3.63, 3.8) is 0 Å². The molecule has 174 valence electrons. The predicted octanol–water partition coefficient (Wildman–Crippen LogP) is 6.65. The number of carbonyl (C=O) groups excluding carboxylic acids is 1. The average molecular weight is 498 g/mol. The summed E-state index contributed by atoms with van der Waals surface area (Å²) in [5.74, 6) is -2.43. The van der Waals surface area contributed by atoms with Crippen LogP contribution in [0.1, 0.15) is 41.0 Å². The molecule has 10 heteroatoms. The van der Waals surface area contributed by atoms with E-state index in [0.717, 1.165) is 10.4 Å². The molecule has 0 saturated heterocycles. The Hall–Kier alpha value is -2.65. The Morgan fingerprint density at radius 2 is 2.00 bits per heavy atom. The summed E-state index contributed by atoms with van der Waals surface area (Å²) in [5.41, 5.74) is 0.761. The van der Waals surface area contributed by atoms with Crippen LogP contribution in [0.25, 0.3) is 11.1 Å². The van der Waals surface area contributed by atoms with E-state index < -0.39 is 29.5 Å². The fourth-order valence-electron chi connectivity index (χ4n) is 4.19. The number of amides is 1. The Bertz CT molecular complexity index is 1220. The van der Waals surface area contributed by atoms with E-state index in [1.165, 1.54) is 27.1 Å². The third-order valence-electron chi connectivity index (χ3n) is 5.55. The Morgan fingerprint density at radius 1 is 1.27 bits per heavy atom. The lowest BCUT2D eigenvalue weighted by Crippen LogP contribution is -2.38. The molecule has 1 aliphatic heterocycles. The summed E-state index contributed by atoms with van der Waals surface area (Å²) in [6.07, 6.45) is -2.61. The van der Waals surface area contributed by atoms with Gasteiger partial charge in [0.05, 0.1) is 10.9 Å². The SMILES string of the molecule is C=C(F)C(=O)N1Cc2sc(Cl)cc2[C@H](c2ccccc2-c2cn(CCC)nc2C(F)(F)F)C1. The van der Waals surface area contributed by atoms with Crippen molar-refractivity contribution in [1.82, 2.24) is 14.7 Å². The van der Waals surface area contributed by atoms with Crippen molar-refractivity contribution in [3.05, 3.63) is 75.0 Å². The van der Waals surface area contributed by atoms with Gasteiger partial charge >= 0.3 is 6.18 Å². The summed E-state index contributed by atoms with van der Waals surface area (Å²) in [7, 11) is 0. The van der Waals surface area contributed by atoms with E-state index in [9.17, 15) is 22.4 Å². The Labute approximate surface area is 197 Å². The number of thiophene rings is 1. The molecule has 1 amide bonds. The van der Waals surface area contributed by atoms with Crippen LogP contribution >= 0.6 is 22.9 Å². The second kappa shape index (κ2) is 8.95. The largest absolute Gasteiger partial charge is 0.435 e. The second-order valence-corrected chi connectivity index (χ2v) is 9.58. The maximum absolute atomic E-state index is 13.9. The molecule has 33 heavy (non-hydrogen) atoms. The van der Waals surface area contributed by atoms with E-state index >= 15 is 0 Å². The van der Waals surface area contributed by atoms with Gasteiger partial charge < -0.3 is 4.90 Å². The number of hydrogen-bond donors (Lipinski definition) is 0. The molecule has 0 N–H and O–H groups in total. The highest BCUT2D eigenvalue weighted by atomic mass is 35.5. The van der Waals surface area contributed by atoms with Crippen LogP contribution < -0.4 is 0 Å². The number of alkyl halides is 3. The number of hydrogen-bond acceptors (Lipinski definition) is 3. The smallest absolute Gasteiger partial charge is 0.331 e. The van der Waals surface area contributed by atoms with E-state index in [1.807, 2.05) is 6.92 Å². The molecule has 1 aliphatic rings. The molecule has 0 bridgehead atoms. The van der Waals surface area contributed by atoms with Gasteiger partial charge in [0.2, 0.25) is 0 Å². The van der Waals surface area contributed by atoms with E-state index in [-0.39, 0.29) is 18.7 Å². The lowest BCUT2D eigenvalue weighted by molar-refractivity contribution is -0.141. The number of aryl methyl sites for hydroxylation is 1. The molecular formula is C23H20ClF4N3OS. The normalized spacial score (nSPS) is 16.1. The van der Waals surface area contributed by atoms with Crippen LogP contribution in [0.15, 0.2) is 48.9 Å². The van der Waals surface area contributed by atoms with Gasteiger partial charge in [-0.1, -0.05) is 49.4 Å². The first-order chi connectivity index (χ1) is 15.6. The van der Waals surface area contributed by atoms with Crippen LogP contribution in [-0.2, 0) is 24.1 Å².